The van der Waals surface area contributed by atoms with Crippen molar-refractivity contribution >= 4 is 29.7 Å². The average Bonchev–Trinajstić information content (AvgIpc) is 2.78. The van der Waals surface area contributed by atoms with Crippen molar-refractivity contribution in [2.24, 2.45) is 5.92 Å². The molecule has 0 radical (unpaired) electrons. The summed E-state index contributed by atoms with van der Waals surface area (Å²) in [7, 11) is 0. The highest BCUT2D eigenvalue weighted by Gasteiger charge is 2.24. The number of piperidine rings is 1. The van der Waals surface area contributed by atoms with Crippen molar-refractivity contribution < 1.29 is 4.79 Å². The van der Waals surface area contributed by atoms with Crippen LogP contribution >= 0.6 is 23.7 Å². The average molecular weight is 276 g/mol. The minimum atomic E-state index is -0.0243. The molecule has 0 saturated carbocycles. The van der Waals surface area contributed by atoms with Crippen LogP contribution in [0.2, 0.25) is 0 Å². The molecular formula is C11H18ClN3OS. The standard InChI is InChI=1S/C11H17N3OS.ClH/c1-8-2-3-12-9(6-8)11(15)14-7-10-13-4-5-16-10;/h4-5,8-9,12H,2-3,6-7H2,1H3,(H,14,15);1H. The maximum Gasteiger partial charge on any atom is 0.237 e. The quantitative estimate of drug-likeness (QED) is 0.880. The van der Waals surface area contributed by atoms with Gasteiger partial charge in [0.2, 0.25) is 5.91 Å². The van der Waals surface area contributed by atoms with Gasteiger partial charge < -0.3 is 10.6 Å². The lowest BCUT2D eigenvalue weighted by atomic mass is 9.94. The molecular weight excluding hydrogens is 258 g/mol. The Kier molecular flexibility index (Phi) is 5.88. The molecule has 1 aromatic rings. The summed E-state index contributed by atoms with van der Waals surface area (Å²) in [5.41, 5.74) is 0. The van der Waals surface area contributed by atoms with Crippen LogP contribution in [-0.4, -0.2) is 23.5 Å². The second-order valence-electron chi connectivity index (χ2n) is 4.28. The normalized spacial score (nSPS) is 23.8. The second-order valence-corrected chi connectivity index (χ2v) is 5.26. The molecule has 17 heavy (non-hydrogen) atoms. The minimum Gasteiger partial charge on any atom is -0.348 e. The molecule has 1 aliphatic rings. The molecule has 2 atom stereocenters. The first kappa shape index (κ1) is 14.4. The molecule has 2 unspecified atom stereocenters. The Morgan fingerprint density at radius 3 is 3.18 bits per heavy atom. The van der Waals surface area contributed by atoms with Gasteiger partial charge in [0.1, 0.15) is 5.01 Å². The van der Waals surface area contributed by atoms with Crippen LogP contribution in [0.1, 0.15) is 24.8 Å². The molecule has 1 amide bonds. The fourth-order valence-electron chi connectivity index (χ4n) is 1.93. The summed E-state index contributed by atoms with van der Waals surface area (Å²) >= 11 is 1.57. The summed E-state index contributed by atoms with van der Waals surface area (Å²) in [6, 6.07) is -0.0243. The number of thiazole rings is 1. The number of carbonyl (C=O) groups excluding carboxylic acids is 1. The Labute approximate surface area is 112 Å². The molecule has 0 spiro atoms. The largest absolute Gasteiger partial charge is 0.348 e. The number of carbonyl (C=O) groups is 1. The third-order valence-corrected chi connectivity index (χ3v) is 3.66. The number of nitrogens with one attached hydrogen (secondary N) is 2. The zero-order valence-electron chi connectivity index (χ0n) is 9.81. The molecule has 2 rings (SSSR count). The Hall–Kier alpha value is -0.650. The molecule has 96 valence electrons. The van der Waals surface area contributed by atoms with Gasteiger partial charge in [-0.05, 0) is 25.3 Å². The summed E-state index contributed by atoms with van der Waals surface area (Å²) in [6.07, 6.45) is 3.85. The van der Waals surface area contributed by atoms with E-state index in [9.17, 15) is 4.79 Å². The summed E-state index contributed by atoms with van der Waals surface area (Å²) in [4.78, 5) is 16.0. The fraction of sp³-hybridized carbons (Fsp3) is 0.636. The number of rotatable bonds is 3. The minimum absolute atomic E-state index is 0. The maximum atomic E-state index is 11.8. The smallest absolute Gasteiger partial charge is 0.237 e. The lowest BCUT2D eigenvalue weighted by molar-refractivity contribution is -0.124. The van der Waals surface area contributed by atoms with Crippen molar-refractivity contribution in [2.45, 2.75) is 32.4 Å². The van der Waals surface area contributed by atoms with Crippen LogP contribution in [0.15, 0.2) is 11.6 Å². The van der Waals surface area contributed by atoms with E-state index in [4.69, 9.17) is 0 Å². The van der Waals surface area contributed by atoms with Crippen molar-refractivity contribution in [3.8, 4) is 0 Å². The molecule has 6 heteroatoms. The zero-order chi connectivity index (χ0) is 11.4. The molecule has 1 fully saturated rings. The van der Waals surface area contributed by atoms with Gasteiger partial charge in [-0.15, -0.1) is 23.7 Å². The predicted molar refractivity (Wildman–Crippen MR) is 71.4 cm³/mol. The predicted octanol–water partition coefficient (Wildman–Crippen LogP) is 1.57. The van der Waals surface area contributed by atoms with Crippen molar-refractivity contribution in [3.63, 3.8) is 0 Å². The lowest BCUT2D eigenvalue weighted by Gasteiger charge is -2.27. The van der Waals surface area contributed by atoms with Gasteiger partial charge in [-0.1, -0.05) is 6.92 Å². The Bertz CT molecular complexity index is 344. The monoisotopic (exact) mass is 275 g/mol. The molecule has 1 saturated heterocycles. The first-order valence-electron chi connectivity index (χ1n) is 5.65. The van der Waals surface area contributed by atoms with Gasteiger partial charge in [-0.3, -0.25) is 4.79 Å². The van der Waals surface area contributed by atoms with Gasteiger partial charge in [0.15, 0.2) is 0 Å². The molecule has 1 aliphatic heterocycles. The molecule has 0 bridgehead atoms. The van der Waals surface area contributed by atoms with E-state index in [1.165, 1.54) is 0 Å². The highest BCUT2D eigenvalue weighted by molar-refractivity contribution is 7.09. The molecule has 0 aliphatic carbocycles. The third-order valence-electron chi connectivity index (χ3n) is 2.88. The maximum absolute atomic E-state index is 11.8. The van der Waals surface area contributed by atoms with Crippen molar-refractivity contribution in [2.75, 3.05) is 6.54 Å². The molecule has 2 heterocycles. The van der Waals surface area contributed by atoms with Crippen LogP contribution in [0, 0.1) is 5.92 Å². The highest BCUT2D eigenvalue weighted by Crippen LogP contribution is 2.15. The first-order valence-corrected chi connectivity index (χ1v) is 6.53. The van der Waals surface area contributed by atoms with E-state index < -0.39 is 0 Å². The molecule has 1 aromatic heterocycles. The van der Waals surface area contributed by atoms with Gasteiger partial charge in [-0.2, -0.15) is 0 Å². The summed E-state index contributed by atoms with van der Waals surface area (Å²) in [6.45, 7) is 3.68. The van der Waals surface area contributed by atoms with Gasteiger partial charge >= 0.3 is 0 Å². The first-order chi connectivity index (χ1) is 7.75. The summed E-state index contributed by atoms with van der Waals surface area (Å²) in [5.74, 6) is 0.735. The van der Waals surface area contributed by atoms with Crippen LogP contribution < -0.4 is 10.6 Å². The van der Waals surface area contributed by atoms with Gasteiger partial charge in [0.25, 0.3) is 0 Å². The number of nitrogens with zero attached hydrogens (tertiary/aromatic N) is 1. The van der Waals surface area contributed by atoms with Crippen LogP contribution in [0.3, 0.4) is 0 Å². The highest BCUT2D eigenvalue weighted by atomic mass is 35.5. The van der Waals surface area contributed by atoms with Crippen molar-refractivity contribution in [1.29, 1.82) is 0 Å². The third kappa shape index (κ3) is 4.26. The topological polar surface area (TPSA) is 54.0 Å². The van der Waals surface area contributed by atoms with Crippen molar-refractivity contribution in [1.82, 2.24) is 15.6 Å². The van der Waals surface area contributed by atoms with E-state index in [-0.39, 0.29) is 24.4 Å². The number of hydrogen-bond acceptors (Lipinski definition) is 4. The van der Waals surface area contributed by atoms with Gasteiger partial charge in [0.05, 0.1) is 12.6 Å². The van der Waals surface area contributed by atoms with E-state index in [2.05, 4.69) is 22.5 Å². The molecule has 0 aromatic carbocycles. The van der Waals surface area contributed by atoms with E-state index >= 15 is 0 Å². The summed E-state index contributed by atoms with van der Waals surface area (Å²) in [5, 5.41) is 9.05. The Morgan fingerprint density at radius 1 is 1.71 bits per heavy atom. The number of amides is 1. The number of aromatic nitrogens is 1. The Morgan fingerprint density at radius 2 is 2.53 bits per heavy atom. The van der Waals surface area contributed by atoms with Crippen LogP contribution in [-0.2, 0) is 11.3 Å². The SMILES string of the molecule is CC1CCNC(C(=O)NCc2nccs2)C1.Cl. The van der Waals surface area contributed by atoms with E-state index in [0.717, 1.165) is 24.4 Å². The van der Waals surface area contributed by atoms with Crippen molar-refractivity contribution in [3.05, 3.63) is 16.6 Å². The lowest BCUT2D eigenvalue weighted by Crippen LogP contribution is -2.48. The van der Waals surface area contributed by atoms with Gasteiger partial charge in [-0.25, -0.2) is 4.98 Å². The Balaban J connectivity index is 0.00000144. The van der Waals surface area contributed by atoms with Crippen LogP contribution in [0.5, 0.6) is 0 Å². The van der Waals surface area contributed by atoms with E-state index in [0.29, 0.717) is 12.5 Å². The fourth-order valence-corrected chi connectivity index (χ4v) is 2.49. The number of hydrogen-bond donors (Lipinski definition) is 2. The van der Waals surface area contributed by atoms with E-state index in [1.807, 2.05) is 5.38 Å². The molecule has 4 nitrogen and oxygen atoms in total. The number of halogens is 1. The van der Waals surface area contributed by atoms with Crippen LogP contribution in [0.4, 0.5) is 0 Å². The second kappa shape index (κ2) is 6.93. The summed E-state index contributed by atoms with van der Waals surface area (Å²) < 4.78 is 0. The van der Waals surface area contributed by atoms with E-state index in [1.54, 1.807) is 17.5 Å². The van der Waals surface area contributed by atoms with Crippen LogP contribution in [0.25, 0.3) is 0 Å². The zero-order valence-corrected chi connectivity index (χ0v) is 11.4. The molecule has 2 N–H and O–H groups in total. The van der Waals surface area contributed by atoms with Gasteiger partial charge in [0, 0.05) is 11.6 Å².